The van der Waals surface area contributed by atoms with E-state index in [1.807, 2.05) is 0 Å². The molecule has 0 rings (SSSR count). The van der Waals surface area contributed by atoms with Crippen molar-refractivity contribution in [3.05, 3.63) is 0 Å². The highest BCUT2D eigenvalue weighted by Gasteiger charge is 1.72. The molecule has 0 bridgehead atoms. The Morgan fingerprint density at radius 1 is 2.00 bits per heavy atom. The van der Waals surface area contributed by atoms with Gasteiger partial charge in [-0.1, -0.05) is 0 Å². The van der Waals surface area contributed by atoms with E-state index < -0.39 is 8.81 Å². The molecule has 0 heterocycles. The molecule has 4 N–H and O–H groups in total. The largest absolute Gasteiger partial charge is 0.382 e. The lowest BCUT2D eigenvalue weighted by Crippen LogP contribution is -1.99. The minimum absolute atomic E-state index is 0.162. The Bertz CT molecular complexity index is 44.9. The van der Waals surface area contributed by atoms with Crippen molar-refractivity contribution in [3.63, 3.8) is 0 Å². The number of amidine groups is 1. The molecule has 30 valence electrons. The molecule has 0 aromatic carbocycles. The van der Waals surface area contributed by atoms with E-state index in [-0.39, 0.29) is 5.58 Å². The molecule has 0 radical (unpaired) electrons. The summed E-state index contributed by atoms with van der Waals surface area (Å²) in [6.07, 6.45) is 0. The summed E-state index contributed by atoms with van der Waals surface area (Å²) in [5.41, 5.74) is 4.48. The van der Waals surface area contributed by atoms with Crippen LogP contribution in [0.3, 0.4) is 0 Å². The number of hydrogen-bond donors (Lipinski definition) is 3. The second kappa shape index (κ2) is 2.12. The van der Waals surface area contributed by atoms with Crippen LogP contribution >= 0.6 is 8.81 Å². The normalized spacial score (nSPS) is 9.80. The maximum Gasteiger partial charge on any atom is 0.139 e. The van der Waals surface area contributed by atoms with Crippen LogP contribution in [0.2, 0.25) is 0 Å². The van der Waals surface area contributed by atoms with Gasteiger partial charge in [0.15, 0.2) is 0 Å². The molecule has 0 aliphatic carbocycles. The topological polar surface area (TPSA) is 70.1 Å². The number of rotatable bonds is 1. The lowest BCUT2D eigenvalue weighted by molar-refractivity contribution is 0.656. The van der Waals surface area contributed by atoms with Crippen molar-refractivity contribution in [3.8, 4) is 0 Å². The van der Waals surface area contributed by atoms with Crippen molar-refractivity contribution < 1.29 is 4.89 Å². The van der Waals surface area contributed by atoms with Gasteiger partial charge in [-0.15, -0.1) is 0 Å². The molecule has 0 aromatic rings. The molecule has 3 nitrogen and oxygen atoms in total. The quantitative estimate of drug-likeness (QED) is 0.231. The summed E-state index contributed by atoms with van der Waals surface area (Å²) in [6.45, 7) is 0. The van der Waals surface area contributed by atoms with Crippen LogP contribution in [0.5, 0.6) is 0 Å². The second-order valence-electron chi connectivity index (χ2n) is 0.525. The van der Waals surface area contributed by atoms with E-state index >= 15 is 0 Å². The molecule has 0 fully saturated rings. The Morgan fingerprint density at radius 3 is 2.20 bits per heavy atom. The van der Waals surface area contributed by atoms with E-state index in [0.717, 1.165) is 0 Å². The van der Waals surface area contributed by atoms with Gasteiger partial charge in [-0.05, 0) is 0 Å². The van der Waals surface area contributed by atoms with Crippen molar-refractivity contribution in [1.29, 1.82) is 5.41 Å². The molecular formula is CH5N2OP. The average molecular weight is 92.0 g/mol. The zero-order valence-corrected chi connectivity index (χ0v) is 3.52. The fraction of sp³-hybridized carbons (Fsp3) is 0. The van der Waals surface area contributed by atoms with Gasteiger partial charge in [0.1, 0.15) is 5.58 Å². The van der Waals surface area contributed by atoms with Crippen LogP contribution in [0.1, 0.15) is 0 Å². The van der Waals surface area contributed by atoms with Gasteiger partial charge in [0.25, 0.3) is 0 Å². The van der Waals surface area contributed by atoms with Crippen LogP contribution < -0.4 is 5.73 Å². The van der Waals surface area contributed by atoms with Crippen molar-refractivity contribution >= 4 is 14.4 Å². The first-order valence-corrected chi connectivity index (χ1v) is 1.96. The number of hydrogen-bond acceptors (Lipinski definition) is 2. The van der Waals surface area contributed by atoms with Crippen LogP contribution in [0.25, 0.3) is 0 Å². The van der Waals surface area contributed by atoms with Crippen LogP contribution in [-0.2, 0) is 0 Å². The van der Waals surface area contributed by atoms with Gasteiger partial charge >= 0.3 is 0 Å². The molecule has 5 heavy (non-hydrogen) atoms. The minimum Gasteiger partial charge on any atom is -0.382 e. The zero-order valence-electron chi connectivity index (χ0n) is 2.52. The molecule has 1 unspecified atom stereocenters. The lowest BCUT2D eigenvalue weighted by atomic mass is 11.4. The van der Waals surface area contributed by atoms with E-state index in [1.54, 1.807) is 0 Å². The summed E-state index contributed by atoms with van der Waals surface area (Å²) in [4.78, 5) is 7.82. The molecule has 0 aliphatic heterocycles. The third-order valence-corrected chi connectivity index (χ3v) is 0.361. The molecule has 0 spiro atoms. The average Bonchev–Trinajstić information content (AvgIpc) is 1.38. The monoisotopic (exact) mass is 92.0 g/mol. The fourth-order valence-corrected chi connectivity index (χ4v) is 0. The molecule has 0 saturated carbocycles. The van der Waals surface area contributed by atoms with Crippen molar-refractivity contribution in [2.24, 2.45) is 5.73 Å². The Balaban J connectivity index is 2.85. The molecule has 0 aliphatic rings. The lowest BCUT2D eigenvalue weighted by Gasteiger charge is -1.78. The van der Waals surface area contributed by atoms with Crippen molar-refractivity contribution in [2.45, 2.75) is 0 Å². The zero-order chi connectivity index (χ0) is 4.28. The maximum atomic E-state index is 7.82. The highest BCUT2D eigenvalue weighted by Crippen LogP contribution is 1.94. The maximum absolute atomic E-state index is 7.82. The van der Waals surface area contributed by atoms with Gasteiger partial charge in [0.2, 0.25) is 0 Å². The minimum atomic E-state index is -0.525. The summed E-state index contributed by atoms with van der Waals surface area (Å²) < 4.78 is 0. The molecule has 4 heteroatoms. The first kappa shape index (κ1) is 4.86. The highest BCUT2D eigenvalue weighted by atomic mass is 31.1. The second-order valence-corrected chi connectivity index (χ2v) is 1.29. The summed E-state index contributed by atoms with van der Waals surface area (Å²) >= 11 is 0. The van der Waals surface area contributed by atoms with Gasteiger partial charge in [-0.25, -0.2) is 0 Å². The predicted molar refractivity (Wildman–Crippen MR) is 22.4 cm³/mol. The van der Waals surface area contributed by atoms with Crippen LogP contribution in [0.15, 0.2) is 0 Å². The van der Waals surface area contributed by atoms with Crippen LogP contribution in [0.4, 0.5) is 0 Å². The van der Waals surface area contributed by atoms with Crippen LogP contribution in [0, 0.1) is 5.41 Å². The standard InChI is InChI=1S/CH5N2OP/c2-1(3)5-4/h4-5H,(H3,2,3). The highest BCUT2D eigenvalue weighted by molar-refractivity contribution is 7.52. The SMILES string of the molecule is N=C(N)PO. The van der Waals surface area contributed by atoms with Crippen molar-refractivity contribution in [1.82, 2.24) is 0 Å². The Kier molecular flexibility index (Phi) is 2.06. The van der Waals surface area contributed by atoms with E-state index in [2.05, 4.69) is 5.73 Å². The molecule has 0 saturated heterocycles. The summed E-state index contributed by atoms with van der Waals surface area (Å²) in [5, 5.41) is 6.28. The smallest absolute Gasteiger partial charge is 0.139 e. The van der Waals surface area contributed by atoms with E-state index in [9.17, 15) is 0 Å². The van der Waals surface area contributed by atoms with Gasteiger partial charge in [0.05, 0.1) is 8.81 Å². The Hall–Kier alpha value is -0.140. The predicted octanol–water partition coefficient (Wildman–Crippen LogP) is -0.534. The molecule has 0 amide bonds. The van der Waals surface area contributed by atoms with Gasteiger partial charge in [-0.3, -0.25) is 5.41 Å². The van der Waals surface area contributed by atoms with E-state index in [4.69, 9.17) is 10.3 Å². The summed E-state index contributed by atoms with van der Waals surface area (Å²) in [7, 11) is -0.525. The van der Waals surface area contributed by atoms with Gasteiger partial charge in [-0.2, -0.15) is 0 Å². The first-order valence-electron chi connectivity index (χ1n) is 1.01. The first-order chi connectivity index (χ1) is 2.27. The van der Waals surface area contributed by atoms with Gasteiger partial charge < -0.3 is 10.6 Å². The summed E-state index contributed by atoms with van der Waals surface area (Å²) in [6, 6.07) is 0. The third-order valence-electron chi connectivity index (χ3n) is 0.120. The fourth-order valence-electron chi connectivity index (χ4n) is 0. The van der Waals surface area contributed by atoms with Crippen molar-refractivity contribution in [2.75, 3.05) is 0 Å². The third kappa shape index (κ3) is 3.86. The van der Waals surface area contributed by atoms with E-state index in [1.165, 1.54) is 0 Å². The molecule has 1 atom stereocenters. The van der Waals surface area contributed by atoms with Crippen LogP contribution in [-0.4, -0.2) is 10.5 Å². The summed E-state index contributed by atoms with van der Waals surface area (Å²) in [5.74, 6) is 0. The molecule has 0 aromatic heterocycles. The Morgan fingerprint density at radius 2 is 2.20 bits per heavy atom. The van der Waals surface area contributed by atoms with E-state index in [0.29, 0.717) is 0 Å². The van der Waals surface area contributed by atoms with Gasteiger partial charge in [0, 0.05) is 0 Å². The Labute approximate surface area is 31.6 Å². The number of nitrogens with one attached hydrogen (secondary N) is 1. The molecular weight excluding hydrogens is 87.0 g/mol. The number of nitrogens with two attached hydrogens (primary N) is 1.